The maximum atomic E-state index is 11.7. The van der Waals surface area contributed by atoms with Crippen molar-refractivity contribution in [2.75, 3.05) is 13.7 Å². The van der Waals surface area contributed by atoms with E-state index in [0.717, 1.165) is 24.2 Å². The third-order valence-electron chi connectivity index (χ3n) is 3.63. The molecule has 0 unspecified atom stereocenters. The summed E-state index contributed by atoms with van der Waals surface area (Å²) in [7, 11) is 1.61. The molecule has 0 radical (unpaired) electrons. The number of nitrogens with one attached hydrogen (secondary N) is 2. The number of rotatable bonds is 5. The number of amides is 2. The molecular weight excluding hydrogens is 276 g/mol. The van der Waals surface area contributed by atoms with Crippen LogP contribution in [-0.2, 0) is 6.42 Å². The lowest BCUT2D eigenvalue weighted by Crippen LogP contribution is -2.41. The summed E-state index contributed by atoms with van der Waals surface area (Å²) in [4.78, 5) is 11.7. The minimum Gasteiger partial charge on any atom is -0.497 e. The van der Waals surface area contributed by atoms with Crippen LogP contribution in [0, 0.1) is 0 Å². The lowest BCUT2D eigenvalue weighted by atomic mass is 10.1. The Morgan fingerprint density at radius 2 is 2.15 bits per heavy atom. The second kappa shape index (κ2) is 7.39. The van der Waals surface area contributed by atoms with Crippen LogP contribution in [0.25, 0.3) is 0 Å². The molecule has 0 aliphatic heterocycles. The van der Waals surface area contributed by atoms with E-state index in [9.17, 15) is 4.79 Å². The molecule has 0 atom stereocenters. The van der Waals surface area contributed by atoms with Gasteiger partial charge in [-0.3, -0.25) is 0 Å². The monoisotopic (exact) mass is 296 g/mol. The van der Waals surface area contributed by atoms with Gasteiger partial charge >= 0.3 is 6.03 Å². The van der Waals surface area contributed by atoms with Crippen molar-refractivity contribution >= 4 is 17.6 Å². The summed E-state index contributed by atoms with van der Waals surface area (Å²) in [6.45, 7) is 0.574. The van der Waals surface area contributed by atoms with E-state index in [0.29, 0.717) is 24.0 Å². The zero-order chi connectivity index (χ0) is 14.4. The molecule has 0 aromatic heterocycles. The average Bonchev–Trinajstić information content (AvgIpc) is 2.93. The highest BCUT2D eigenvalue weighted by Gasteiger charge is 2.16. The fourth-order valence-electron chi connectivity index (χ4n) is 2.48. The molecule has 1 aliphatic carbocycles. The molecule has 5 heteroatoms. The average molecular weight is 297 g/mol. The van der Waals surface area contributed by atoms with Gasteiger partial charge in [0.25, 0.3) is 0 Å². The summed E-state index contributed by atoms with van der Waals surface area (Å²) < 4.78 is 5.10. The van der Waals surface area contributed by atoms with Crippen LogP contribution in [0.2, 0.25) is 5.02 Å². The van der Waals surface area contributed by atoms with Crippen LogP contribution in [0.1, 0.15) is 31.2 Å². The molecule has 1 aromatic carbocycles. The molecule has 110 valence electrons. The van der Waals surface area contributed by atoms with Gasteiger partial charge in [0.2, 0.25) is 0 Å². The minimum atomic E-state index is -0.0819. The van der Waals surface area contributed by atoms with Crippen LogP contribution in [0.5, 0.6) is 5.75 Å². The predicted octanol–water partition coefficient (Wildman–Crippen LogP) is 3.13. The second-order valence-electron chi connectivity index (χ2n) is 5.09. The number of halogens is 1. The summed E-state index contributed by atoms with van der Waals surface area (Å²) in [6, 6.07) is 5.86. The fourth-order valence-corrected chi connectivity index (χ4v) is 2.74. The van der Waals surface area contributed by atoms with Crippen molar-refractivity contribution in [2.24, 2.45) is 0 Å². The highest BCUT2D eigenvalue weighted by atomic mass is 35.5. The van der Waals surface area contributed by atoms with Crippen molar-refractivity contribution in [3.05, 3.63) is 28.8 Å². The molecule has 1 saturated carbocycles. The van der Waals surface area contributed by atoms with Crippen molar-refractivity contribution < 1.29 is 9.53 Å². The van der Waals surface area contributed by atoms with Crippen LogP contribution in [0.3, 0.4) is 0 Å². The topological polar surface area (TPSA) is 50.4 Å². The van der Waals surface area contributed by atoms with Gasteiger partial charge in [0.15, 0.2) is 0 Å². The summed E-state index contributed by atoms with van der Waals surface area (Å²) in [5.74, 6) is 0.741. The van der Waals surface area contributed by atoms with E-state index in [2.05, 4.69) is 10.6 Å². The van der Waals surface area contributed by atoms with Crippen molar-refractivity contribution in [1.29, 1.82) is 0 Å². The van der Waals surface area contributed by atoms with Gasteiger partial charge in [0.05, 0.1) is 7.11 Å². The van der Waals surface area contributed by atoms with Crippen molar-refractivity contribution in [2.45, 2.75) is 38.1 Å². The van der Waals surface area contributed by atoms with Gasteiger partial charge in [-0.25, -0.2) is 4.79 Å². The lowest BCUT2D eigenvalue weighted by Gasteiger charge is -2.13. The van der Waals surface area contributed by atoms with Gasteiger partial charge < -0.3 is 15.4 Å². The minimum absolute atomic E-state index is 0.0819. The first-order valence-electron chi connectivity index (χ1n) is 7.06. The van der Waals surface area contributed by atoms with E-state index < -0.39 is 0 Å². The van der Waals surface area contributed by atoms with Gasteiger partial charge in [-0.05, 0) is 37.0 Å². The second-order valence-corrected chi connectivity index (χ2v) is 5.50. The maximum Gasteiger partial charge on any atom is 0.315 e. The summed E-state index contributed by atoms with van der Waals surface area (Å²) in [5, 5.41) is 6.54. The predicted molar refractivity (Wildman–Crippen MR) is 80.5 cm³/mol. The molecular formula is C15H21ClN2O2. The summed E-state index contributed by atoms with van der Waals surface area (Å²) >= 11 is 6.15. The largest absolute Gasteiger partial charge is 0.497 e. The molecule has 1 aliphatic rings. The highest BCUT2D eigenvalue weighted by molar-refractivity contribution is 6.31. The van der Waals surface area contributed by atoms with Crippen molar-refractivity contribution in [3.8, 4) is 5.75 Å². The number of hydrogen-bond donors (Lipinski definition) is 2. The quantitative estimate of drug-likeness (QED) is 0.877. The molecule has 0 heterocycles. The normalized spacial score (nSPS) is 15.1. The van der Waals surface area contributed by atoms with Gasteiger partial charge in [-0.2, -0.15) is 0 Å². The van der Waals surface area contributed by atoms with E-state index >= 15 is 0 Å². The van der Waals surface area contributed by atoms with E-state index in [4.69, 9.17) is 16.3 Å². The third-order valence-corrected chi connectivity index (χ3v) is 3.98. The number of carbonyl (C=O) groups is 1. The summed E-state index contributed by atoms with van der Waals surface area (Å²) in [5.41, 5.74) is 1.01. The van der Waals surface area contributed by atoms with Gasteiger partial charge in [0, 0.05) is 17.6 Å². The molecule has 20 heavy (non-hydrogen) atoms. The number of carbonyl (C=O) groups excluding carboxylic acids is 1. The van der Waals surface area contributed by atoms with E-state index in [1.807, 2.05) is 12.1 Å². The molecule has 0 spiro atoms. The molecule has 0 bridgehead atoms. The van der Waals surface area contributed by atoms with Crippen LogP contribution in [-0.4, -0.2) is 25.7 Å². The molecule has 0 saturated heterocycles. The van der Waals surface area contributed by atoms with E-state index in [1.165, 1.54) is 12.8 Å². The van der Waals surface area contributed by atoms with E-state index in [-0.39, 0.29) is 6.03 Å². The van der Waals surface area contributed by atoms with Crippen LogP contribution < -0.4 is 15.4 Å². The number of hydrogen-bond acceptors (Lipinski definition) is 2. The Hall–Kier alpha value is -1.42. The van der Waals surface area contributed by atoms with Crippen LogP contribution >= 0.6 is 11.6 Å². The zero-order valence-electron chi connectivity index (χ0n) is 11.7. The third kappa shape index (κ3) is 4.30. The first kappa shape index (κ1) is 15.0. The fraction of sp³-hybridized carbons (Fsp3) is 0.533. The van der Waals surface area contributed by atoms with Gasteiger partial charge in [0.1, 0.15) is 5.75 Å². The Morgan fingerprint density at radius 3 is 2.80 bits per heavy atom. The number of ether oxygens (including phenoxy) is 1. The van der Waals surface area contributed by atoms with Crippen LogP contribution in [0.15, 0.2) is 18.2 Å². The Bertz CT molecular complexity index is 459. The lowest BCUT2D eigenvalue weighted by molar-refractivity contribution is 0.237. The smallest absolute Gasteiger partial charge is 0.315 e. The highest BCUT2D eigenvalue weighted by Crippen LogP contribution is 2.22. The maximum absolute atomic E-state index is 11.7. The van der Waals surface area contributed by atoms with Gasteiger partial charge in [-0.1, -0.05) is 30.5 Å². The Morgan fingerprint density at radius 1 is 1.40 bits per heavy atom. The van der Waals surface area contributed by atoms with Crippen molar-refractivity contribution in [1.82, 2.24) is 10.6 Å². The molecule has 1 aromatic rings. The van der Waals surface area contributed by atoms with Gasteiger partial charge in [-0.15, -0.1) is 0 Å². The van der Waals surface area contributed by atoms with Crippen LogP contribution in [0.4, 0.5) is 4.79 Å². The SMILES string of the molecule is COc1ccc(CCNC(=O)NC2CCCC2)c(Cl)c1. The molecule has 4 nitrogen and oxygen atoms in total. The molecule has 2 rings (SSSR count). The van der Waals surface area contributed by atoms with Crippen molar-refractivity contribution in [3.63, 3.8) is 0 Å². The standard InChI is InChI=1S/C15H21ClN2O2/c1-20-13-7-6-11(14(16)10-13)8-9-17-15(19)18-12-4-2-3-5-12/h6-7,10,12H,2-5,8-9H2,1H3,(H2,17,18,19). The molecule has 2 amide bonds. The Balaban J connectivity index is 1.73. The molecule has 1 fully saturated rings. The Kier molecular flexibility index (Phi) is 5.53. The Labute approximate surface area is 124 Å². The number of methoxy groups -OCH3 is 1. The number of benzene rings is 1. The first-order chi connectivity index (χ1) is 9.69. The summed E-state index contributed by atoms with van der Waals surface area (Å²) in [6.07, 6.45) is 5.33. The first-order valence-corrected chi connectivity index (χ1v) is 7.43. The zero-order valence-corrected chi connectivity index (χ0v) is 12.5. The number of urea groups is 1. The molecule has 2 N–H and O–H groups in total. The van der Waals surface area contributed by atoms with E-state index in [1.54, 1.807) is 13.2 Å².